The predicted octanol–water partition coefficient (Wildman–Crippen LogP) is 1.00. The van der Waals surface area contributed by atoms with Crippen LogP contribution in [-0.4, -0.2) is 53.3 Å². The van der Waals surface area contributed by atoms with Gasteiger partial charge in [-0.1, -0.05) is 13.8 Å². The monoisotopic (exact) mass is 295 g/mol. The highest BCUT2D eigenvalue weighted by molar-refractivity contribution is 5.94. The third-order valence-electron chi connectivity index (χ3n) is 3.75. The van der Waals surface area contributed by atoms with Crippen molar-refractivity contribution in [3.05, 3.63) is 17.5 Å². The van der Waals surface area contributed by atoms with Crippen molar-refractivity contribution in [1.82, 2.24) is 20.0 Å². The average molecular weight is 295 g/mol. The fourth-order valence-electron chi connectivity index (χ4n) is 2.28. The number of nitrogens with zero attached hydrogens (tertiary/aromatic N) is 3. The number of carbonyl (C=O) groups excluding carboxylic acids is 1. The molecule has 0 aromatic carbocycles. The second-order valence-corrected chi connectivity index (χ2v) is 5.15. The van der Waals surface area contributed by atoms with Gasteiger partial charge in [0, 0.05) is 18.8 Å². The van der Waals surface area contributed by atoms with Gasteiger partial charge in [-0.25, -0.2) is 0 Å². The van der Waals surface area contributed by atoms with Gasteiger partial charge in [-0.15, -0.1) is 0 Å². The molecule has 21 heavy (non-hydrogen) atoms. The maximum Gasteiger partial charge on any atom is 0.254 e. The molecule has 6 heteroatoms. The Morgan fingerprint density at radius 1 is 1.38 bits per heavy atom. The summed E-state index contributed by atoms with van der Waals surface area (Å²) in [5, 5.41) is 7.22. The molecule has 1 amide bonds. The van der Waals surface area contributed by atoms with E-state index in [4.69, 9.17) is 5.73 Å². The first-order valence-electron chi connectivity index (χ1n) is 7.87. The summed E-state index contributed by atoms with van der Waals surface area (Å²) >= 11 is 0. The Balaban J connectivity index is 2.40. The number of hydrogen-bond acceptors (Lipinski definition) is 4. The van der Waals surface area contributed by atoms with Crippen molar-refractivity contribution in [2.24, 2.45) is 5.73 Å². The molecule has 1 rings (SSSR count). The molecule has 0 atom stereocenters. The molecule has 0 unspecified atom stereocenters. The minimum absolute atomic E-state index is 0.0361. The average Bonchev–Trinajstić information content (AvgIpc) is 2.86. The van der Waals surface area contributed by atoms with Crippen LogP contribution in [0.15, 0.2) is 6.20 Å². The lowest BCUT2D eigenvalue weighted by Gasteiger charge is -2.17. The van der Waals surface area contributed by atoms with E-state index in [0.717, 1.165) is 44.7 Å². The summed E-state index contributed by atoms with van der Waals surface area (Å²) in [7, 11) is 0. The molecule has 1 heterocycles. The summed E-state index contributed by atoms with van der Waals surface area (Å²) in [6.07, 6.45) is 3.48. The number of rotatable bonds is 10. The molecule has 120 valence electrons. The molecule has 0 fully saturated rings. The van der Waals surface area contributed by atoms with Gasteiger partial charge in [0.15, 0.2) is 0 Å². The standard InChI is InChI=1S/C15H29N5O/c1-4-19(5-2)10-7-9-17-15(21)14-12-18-20(13(14)3)11-6-8-16/h12H,4-11,16H2,1-3H3,(H,17,21). The van der Waals surface area contributed by atoms with Gasteiger partial charge in [-0.3, -0.25) is 9.48 Å². The van der Waals surface area contributed by atoms with E-state index in [9.17, 15) is 4.79 Å². The van der Waals surface area contributed by atoms with Crippen molar-refractivity contribution in [3.8, 4) is 0 Å². The molecule has 0 bridgehead atoms. The van der Waals surface area contributed by atoms with Crippen molar-refractivity contribution >= 4 is 5.91 Å². The first-order valence-corrected chi connectivity index (χ1v) is 7.87. The van der Waals surface area contributed by atoms with Crippen molar-refractivity contribution in [3.63, 3.8) is 0 Å². The lowest BCUT2D eigenvalue weighted by molar-refractivity contribution is 0.0951. The van der Waals surface area contributed by atoms with Gasteiger partial charge in [0.1, 0.15) is 0 Å². The lowest BCUT2D eigenvalue weighted by atomic mass is 10.2. The van der Waals surface area contributed by atoms with Gasteiger partial charge >= 0.3 is 0 Å². The molecule has 0 radical (unpaired) electrons. The Labute approximate surface area is 127 Å². The molecule has 0 spiro atoms. The first kappa shape index (κ1) is 17.7. The van der Waals surface area contributed by atoms with Crippen LogP contribution in [0.5, 0.6) is 0 Å². The molecule has 6 nitrogen and oxygen atoms in total. The van der Waals surface area contributed by atoms with E-state index < -0.39 is 0 Å². The van der Waals surface area contributed by atoms with Gasteiger partial charge in [-0.05, 0) is 45.9 Å². The minimum Gasteiger partial charge on any atom is -0.352 e. The van der Waals surface area contributed by atoms with Crippen LogP contribution < -0.4 is 11.1 Å². The number of amides is 1. The summed E-state index contributed by atoms with van der Waals surface area (Å²) in [5.41, 5.74) is 7.07. The van der Waals surface area contributed by atoms with E-state index in [-0.39, 0.29) is 5.91 Å². The van der Waals surface area contributed by atoms with Gasteiger partial charge in [0.25, 0.3) is 5.91 Å². The molecule has 3 N–H and O–H groups in total. The fourth-order valence-corrected chi connectivity index (χ4v) is 2.28. The summed E-state index contributed by atoms with van der Waals surface area (Å²) in [6.45, 7) is 11.4. The quantitative estimate of drug-likeness (QED) is 0.631. The second-order valence-electron chi connectivity index (χ2n) is 5.15. The van der Waals surface area contributed by atoms with Crippen LogP contribution in [0, 0.1) is 6.92 Å². The Bertz CT molecular complexity index is 426. The predicted molar refractivity (Wildman–Crippen MR) is 85.4 cm³/mol. The zero-order valence-electron chi connectivity index (χ0n) is 13.6. The van der Waals surface area contributed by atoms with Gasteiger partial charge in [0.05, 0.1) is 11.8 Å². The van der Waals surface area contributed by atoms with Gasteiger partial charge < -0.3 is 16.0 Å². The molecule has 1 aromatic rings. The molecular formula is C15H29N5O. The summed E-state index contributed by atoms with van der Waals surface area (Å²) in [4.78, 5) is 14.5. The van der Waals surface area contributed by atoms with E-state index in [2.05, 4.69) is 29.2 Å². The van der Waals surface area contributed by atoms with Crippen molar-refractivity contribution in [1.29, 1.82) is 0 Å². The number of carbonyl (C=O) groups is 1. The molecule has 0 aliphatic heterocycles. The Kier molecular flexibility index (Phi) is 8.00. The smallest absolute Gasteiger partial charge is 0.254 e. The summed E-state index contributed by atoms with van der Waals surface area (Å²) in [5.74, 6) is -0.0361. The molecule has 1 aromatic heterocycles. The van der Waals surface area contributed by atoms with Crippen molar-refractivity contribution in [2.75, 3.05) is 32.7 Å². The normalized spacial score (nSPS) is 11.1. The van der Waals surface area contributed by atoms with Crippen LogP contribution in [0.4, 0.5) is 0 Å². The fraction of sp³-hybridized carbons (Fsp3) is 0.733. The van der Waals surface area contributed by atoms with E-state index in [0.29, 0.717) is 18.7 Å². The van der Waals surface area contributed by atoms with Crippen LogP contribution in [0.1, 0.15) is 42.7 Å². The van der Waals surface area contributed by atoms with E-state index >= 15 is 0 Å². The van der Waals surface area contributed by atoms with Crippen molar-refractivity contribution in [2.45, 2.75) is 40.2 Å². The zero-order chi connectivity index (χ0) is 15.7. The maximum atomic E-state index is 12.1. The van der Waals surface area contributed by atoms with E-state index in [1.54, 1.807) is 6.20 Å². The third-order valence-corrected chi connectivity index (χ3v) is 3.75. The highest BCUT2D eigenvalue weighted by Gasteiger charge is 2.13. The highest BCUT2D eigenvalue weighted by atomic mass is 16.1. The molecule has 0 saturated carbocycles. The van der Waals surface area contributed by atoms with Crippen LogP contribution >= 0.6 is 0 Å². The molecule has 0 aliphatic carbocycles. The molecular weight excluding hydrogens is 266 g/mol. The molecule has 0 aliphatic rings. The summed E-state index contributed by atoms with van der Waals surface area (Å²) < 4.78 is 1.84. The minimum atomic E-state index is -0.0361. The Morgan fingerprint density at radius 2 is 2.10 bits per heavy atom. The maximum absolute atomic E-state index is 12.1. The first-order chi connectivity index (χ1) is 10.1. The number of nitrogens with one attached hydrogen (secondary N) is 1. The molecule has 0 saturated heterocycles. The van der Waals surface area contributed by atoms with Crippen molar-refractivity contribution < 1.29 is 4.79 Å². The SMILES string of the molecule is CCN(CC)CCCNC(=O)c1cnn(CCCN)c1C. The number of aryl methyl sites for hydroxylation is 1. The number of hydrogen-bond donors (Lipinski definition) is 2. The van der Waals surface area contributed by atoms with E-state index in [1.165, 1.54) is 0 Å². The van der Waals surface area contributed by atoms with Gasteiger partial charge in [-0.2, -0.15) is 5.10 Å². The number of nitrogens with two attached hydrogens (primary N) is 1. The summed E-state index contributed by atoms with van der Waals surface area (Å²) in [6, 6.07) is 0. The highest BCUT2D eigenvalue weighted by Crippen LogP contribution is 2.07. The van der Waals surface area contributed by atoms with E-state index in [1.807, 2.05) is 11.6 Å². The van der Waals surface area contributed by atoms with Crippen LogP contribution in [0.3, 0.4) is 0 Å². The Morgan fingerprint density at radius 3 is 2.71 bits per heavy atom. The van der Waals surface area contributed by atoms with Gasteiger partial charge in [0.2, 0.25) is 0 Å². The second kappa shape index (κ2) is 9.52. The van der Waals surface area contributed by atoms with Crippen LogP contribution in [-0.2, 0) is 6.54 Å². The van der Waals surface area contributed by atoms with Crippen LogP contribution in [0.25, 0.3) is 0 Å². The van der Waals surface area contributed by atoms with Crippen LogP contribution in [0.2, 0.25) is 0 Å². The topological polar surface area (TPSA) is 76.2 Å². The Hall–Kier alpha value is -1.40. The lowest BCUT2D eigenvalue weighted by Crippen LogP contribution is -2.30. The largest absolute Gasteiger partial charge is 0.352 e. The third kappa shape index (κ3) is 5.47. The zero-order valence-corrected chi connectivity index (χ0v) is 13.6. The number of aromatic nitrogens is 2.